The highest BCUT2D eigenvalue weighted by molar-refractivity contribution is 7.09. The van der Waals surface area contributed by atoms with E-state index in [4.69, 9.17) is 0 Å². The van der Waals surface area contributed by atoms with Crippen molar-refractivity contribution in [1.29, 1.82) is 0 Å². The Balaban J connectivity index is 1.86. The van der Waals surface area contributed by atoms with E-state index in [2.05, 4.69) is 22.6 Å². The molecule has 1 N–H and O–H groups in total. The third kappa shape index (κ3) is 3.85. The summed E-state index contributed by atoms with van der Waals surface area (Å²) in [5.41, 5.74) is 3.30. The molecule has 0 fully saturated rings. The summed E-state index contributed by atoms with van der Waals surface area (Å²) in [6.07, 6.45) is 0.902. The van der Waals surface area contributed by atoms with Gasteiger partial charge in [0.1, 0.15) is 5.82 Å². The van der Waals surface area contributed by atoms with Crippen LogP contribution in [0.4, 0.5) is 4.39 Å². The Hall–Kier alpha value is -1.26. The number of halogens is 1. The third-order valence-corrected chi connectivity index (χ3v) is 4.02. The summed E-state index contributed by atoms with van der Waals surface area (Å²) in [7, 11) is 0. The summed E-state index contributed by atoms with van der Waals surface area (Å²) < 4.78 is 13.0. The first-order chi connectivity index (χ1) is 9.06. The molecule has 2 aromatic rings. The van der Waals surface area contributed by atoms with Crippen LogP contribution in [0.5, 0.6) is 0 Å². The number of nitrogens with zero attached hydrogens (tertiary/aromatic N) is 1. The normalized spacial score (nSPS) is 12.6. The van der Waals surface area contributed by atoms with E-state index in [0.29, 0.717) is 0 Å². The van der Waals surface area contributed by atoms with Gasteiger partial charge in [-0.3, -0.25) is 0 Å². The molecular formula is C15H19FN2S. The van der Waals surface area contributed by atoms with Gasteiger partial charge in [0.25, 0.3) is 0 Å². The summed E-state index contributed by atoms with van der Waals surface area (Å²) >= 11 is 1.67. The second-order valence-corrected chi connectivity index (χ2v) is 5.85. The van der Waals surface area contributed by atoms with Crippen LogP contribution in [0, 0.1) is 19.7 Å². The van der Waals surface area contributed by atoms with Crippen molar-refractivity contribution >= 4 is 11.3 Å². The van der Waals surface area contributed by atoms with Crippen LogP contribution in [0.25, 0.3) is 0 Å². The number of aromatic nitrogens is 1. The molecule has 0 aliphatic carbocycles. The minimum atomic E-state index is -0.166. The minimum Gasteiger partial charge on any atom is -0.308 e. The Morgan fingerprint density at radius 1 is 1.37 bits per heavy atom. The van der Waals surface area contributed by atoms with E-state index in [1.54, 1.807) is 17.4 Å². The number of benzene rings is 1. The highest BCUT2D eigenvalue weighted by Crippen LogP contribution is 2.16. The molecule has 4 heteroatoms. The van der Waals surface area contributed by atoms with E-state index in [1.165, 1.54) is 11.6 Å². The molecule has 0 spiro atoms. The largest absolute Gasteiger partial charge is 0.308 e. The lowest BCUT2D eigenvalue weighted by molar-refractivity contribution is 0.564. The molecule has 0 amide bonds. The van der Waals surface area contributed by atoms with Gasteiger partial charge in [0.2, 0.25) is 0 Å². The molecule has 2 rings (SSSR count). The molecule has 19 heavy (non-hydrogen) atoms. The van der Waals surface area contributed by atoms with Crippen LogP contribution in [0.1, 0.15) is 34.8 Å². The molecule has 1 aromatic heterocycles. The van der Waals surface area contributed by atoms with Gasteiger partial charge in [0.15, 0.2) is 0 Å². The van der Waals surface area contributed by atoms with Crippen molar-refractivity contribution in [2.45, 2.75) is 33.2 Å². The molecule has 1 unspecified atom stereocenters. The van der Waals surface area contributed by atoms with Crippen LogP contribution >= 0.6 is 11.3 Å². The lowest BCUT2D eigenvalue weighted by Crippen LogP contribution is -2.21. The van der Waals surface area contributed by atoms with Crippen molar-refractivity contribution < 1.29 is 4.39 Å². The van der Waals surface area contributed by atoms with E-state index in [-0.39, 0.29) is 11.9 Å². The van der Waals surface area contributed by atoms with Crippen LogP contribution in [0.2, 0.25) is 0 Å². The van der Waals surface area contributed by atoms with Gasteiger partial charge in [-0.25, -0.2) is 9.37 Å². The maximum atomic E-state index is 13.0. The molecule has 0 bridgehead atoms. The molecule has 1 aromatic carbocycles. The van der Waals surface area contributed by atoms with Crippen LogP contribution in [0.15, 0.2) is 23.6 Å². The molecule has 2 nitrogen and oxygen atoms in total. The van der Waals surface area contributed by atoms with Gasteiger partial charge in [-0.1, -0.05) is 6.07 Å². The van der Waals surface area contributed by atoms with Gasteiger partial charge in [0, 0.05) is 11.4 Å². The van der Waals surface area contributed by atoms with Crippen molar-refractivity contribution in [2.75, 3.05) is 6.54 Å². The summed E-state index contributed by atoms with van der Waals surface area (Å²) in [5.74, 6) is -0.166. The van der Waals surface area contributed by atoms with Crippen molar-refractivity contribution in [3.05, 3.63) is 51.2 Å². The van der Waals surface area contributed by atoms with Crippen LogP contribution in [-0.2, 0) is 6.42 Å². The van der Waals surface area contributed by atoms with E-state index in [9.17, 15) is 4.39 Å². The molecule has 0 radical (unpaired) electrons. The van der Waals surface area contributed by atoms with E-state index in [1.807, 2.05) is 19.9 Å². The maximum Gasteiger partial charge on any atom is 0.123 e. The summed E-state index contributed by atoms with van der Waals surface area (Å²) in [6, 6.07) is 5.23. The predicted octanol–water partition coefficient (Wildman–Crippen LogP) is 3.79. The fourth-order valence-corrected chi connectivity index (χ4v) is 2.75. The number of thiazole rings is 1. The van der Waals surface area contributed by atoms with Crippen LogP contribution < -0.4 is 5.32 Å². The average Bonchev–Trinajstić information content (AvgIpc) is 2.78. The van der Waals surface area contributed by atoms with Gasteiger partial charge in [-0.05, 0) is 57.0 Å². The Bertz CT molecular complexity index is 551. The number of rotatable bonds is 5. The number of hydrogen-bond acceptors (Lipinski definition) is 3. The van der Waals surface area contributed by atoms with Crippen molar-refractivity contribution in [1.82, 2.24) is 10.3 Å². The summed E-state index contributed by atoms with van der Waals surface area (Å²) in [5, 5.41) is 6.64. The predicted molar refractivity (Wildman–Crippen MR) is 78.1 cm³/mol. The van der Waals surface area contributed by atoms with Crippen molar-refractivity contribution in [3.8, 4) is 0 Å². The quantitative estimate of drug-likeness (QED) is 0.900. The first kappa shape index (κ1) is 14.2. The van der Waals surface area contributed by atoms with Gasteiger partial charge < -0.3 is 5.32 Å². The Morgan fingerprint density at radius 2 is 2.16 bits per heavy atom. The Morgan fingerprint density at radius 3 is 2.79 bits per heavy atom. The molecule has 0 saturated heterocycles. The SMILES string of the molecule is Cc1nc(C(C)NCCc2ccc(F)cc2C)cs1. The topological polar surface area (TPSA) is 24.9 Å². The lowest BCUT2D eigenvalue weighted by atomic mass is 10.1. The fraction of sp³-hybridized carbons (Fsp3) is 0.400. The van der Waals surface area contributed by atoms with Crippen LogP contribution in [0.3, 0.4) is 0 Å². The number of hydrogen-bond donors (Lipinski definition) is 1. The zero-order valence-electron chi connectivity index (χ0n) is 11.5. The minimum absolute atomic E-state index is 0.166. The van der Waals surface area contributed by atoms with Crippen molar-refractivity contribution in [3.63, 3.8) is 0 Å². The van der Waals surface area contributed by atoms with E-state index < -0.39 is 0 Å². The molecule has 0 saturated carbocycles. The molecule has 1 atom stereocenters. The standard InChI is InChI=1S/C15H19FN2S/c1-10-8-14(16)5-4-13(10)6-7-17-11(2)15-9-19-12(3)18-15/h4-5,8-9,11,17H,6-7H2,1-3H3. The van der Waals surface area contributed by atoms with Gasteiger partial charge in [-0.15, -0.1) is 11.3 Å². The van der Waals surface area contributed by atoms with Gasteiger partial charge in [0.05, 0.1) is 10.7 Å². The third-order valence-electron chi connectivity index (χ3n) is 3.23. The molecular weight excluding hydrogens is 259 g/mol. The lowest BCUT2D eigenvalue weighted by Gasteiger charge is -2.12. The molecule has 0 aliphatic rings. The zero-order chi connectivity index (χ0) is 13.8. The monoisotopic (exact) mass is 278 g/mol. The van der Waals surface area contributed by atoms with Crippen LogP contribution in [-0.4, -0.2) is 11.5 Å². The zero-order valence-corrected chi connectivity index (χ0v) is 12.4. The second-order valence-electron chi connectivity index (χ2n) is 4.79. The number of nitrogens with one attached hydrogen (secondary N) is 1. The van der Waals surface area contributed by atoms with E-state index >= 15 is 0 Å². The fourth-order valence-electron chi connectivity index (χ4n) is 2.05. The second kappa shape index (κ2) is 6.26. The highest BCUT2D eigenvalue weighted by atomic mass is 32.1. The first-order valence-electron chi connectivity index (χ1n) is 6.46. The Kier molecular flexibility index (Phi) is 4.66. The molecule has 0 aliphatic heterocycles. The first-order valence-corrected chi connectivity index (χ1v) is 7.34. The molecule has 1 heterocycles. The Labute approximate surface area is 117 Å². The van der Waals surface area contributed by atoms with Gasteiger partial charge >= 0.3 is 0 Å². The highest BCUT2D eigenvalue weighted by Gasteiger charge is 2.08. The smallest absolute Gasteiger partial charge is 0.123 e. The molecule has 102 valence electrons. The summed E-state index contributed by atoms with van der Waals surface area (Å²) in [4.78, 5) is 4.47. The van der Waals surface area contributed by atoms with E-state index in [0.717, 1.165) is 29.2 Å². The number of aryl methyl sites for hydroxylation is 2. The van der Waals surface area contributed by atoms with Gasteiger partial charge in [-0.2, -0.15) is 0 Å². The average molecular weight is 278 g/mol. The van der Waals surface area contributed by atoms with Crippen molar-refractivity contribution in [2.24, 2.45) is 0 Å². The maximum absolute atomic E-state index is 13.0. The summed E-state index contributed by atoms with van der Waals surface area (Å²) in [6.45, 7) is 6.95.